The van der Waals surface area contributed by atoms with Gasteiger partial charge in [-0.1, -0.05) is 24.9 Å². The third-order valence-electron chi connectivity index (χ3n) is 5.92. The van der Waals surface area contributed by atoms with E-state index in [1.54, 1.807) is 6.20 Å². The van der Waals surface area contributed by atoms with E-state index in [0.717, 1.165) is 37.8 Å². The lowest BCUT2D eigenvalue weighted by Crippen LogP contribution is -2.62. The SMILES string of the molecule is CCCCN(C(=O)CCc1ncc(-c2ccc(Cl)cc2)o1)C1CC(C)(C)NC(C)(C)C1. The van der Waals surface area contributed by atoms with Crippen LogP contribution in [0.15, 0.2) is 34.9 Å². The molecule has 0 bridgehead atoms. The molecule has 0 unspecified atom stereocenters. The Morgan fingerprint density at radius 3 is 2.45 bits per heavy atom. The summed E-state index contributed by atoms with van der Waals surface area (Å²) in [5.74, 6) is 1.49. The van der Waals surface area contributed by atoms with Crippen LogP contribution in [0.25, 0.3) is 11.3 Å². The maximum absolute atomic E-state index is 13.3. The van der Waals surface area contributed by atoms with E-state index in [4.69, 9.17) is 16.0 Å². The second-order valence-corrected chi connectivity index (χ2v) is 10.5. The molecule has 5 nitrogen and oxygen atoms in total. The topological polar surface area (TPSA) is 58.4 Å². The van der Waals surface area contributed by atoms with Gasteiger partial charge in [-0.15, -0.1) is 0 Å². The van der Waals surface area contributed by atoms with Crippen molar-refractivity contribution in [3.8, 4) is 11.3 Å². The first-order valence-electron chi connectivity index (χ1n) is 11.4. The fourth-order valence-electron chi connectivity index (χ4n) is 4.86. The van der Waals surface area contributed by atoms with Crippen molar-refractivity contribution in [1.29, 1.82) is 0 Å². The Balaban J connectivity index is 1.66. The van der Waals surface area contributed by atoms with Gasteiger partial charge < -0.3 is 14.6 Å². The molecule has 170 valence electrons. The molecule has 6 heteroatoms. The van der Waals surface area contributed by atoms with Crippen LogP contribution in [0.1, 0.15) is 72.6 Å². The van der Waals surface area contributed by atoms with Gasteiger partial charge in [0.05, 0.1) is 6.20 Å². The highest BCUT2D eigenvalue weighted by atomic mass is 35.5. The van der Waals surface area contributed by atoms with Crippen LogP contribution < -0.4 is 5.32 Å². The smallest absolute Gasteiger partial charge is 0.223 e. The van der Waals surface area contributed by atoms with Gasteiger partial charge in [0, 0.05) is 47.1 Å². The van der Waals surface area contributed by atoms with Crippen molar-refractivity contribution in [2.45, 2.75) is 90.3 Å². The molecule has 1 fully saturated rings. The molecule has 2 heterocycles. The molecule has 1 aliphatic rings. The van der Waals surface area contributed by atoms with Gasteiger partial charge in [0.2, 0.25) is 5.91 Å². The summed E-state index contributed by atoms with van der Waals surface area (Å²) in [6.45, 7) is 11.9. The molecule has 1 aliphatic heterocycles. The van der Waals surface area contributed by atoms with E-state index < -0.39 is 0 Å². The third-order valence-corrected chi connectivity index (χ3v) is 6.17. The van der Waals surface area contributed by atoms with Crippen molar-refractivity contribution in [2.24, 2.45) is 0 Å². The molecule has 31 heavy (non-hydrogen) atoms. The summed E-state index contributed by atoms with van der Waals surface area (Å²) in [5, 5.41) is 4.41. The summed E-state index contributed by atoms with van der Waals surface area (Å²) in [4.78, 5) is 19.8. The minimum Gasteiger partial charge on any atom is -0.441 e. The Morgan fingerprint density at radius 2 is 1.84 bits per heavy atom. The molecule has 0 atom stereocenters. The number of aromatic nitrogens is 1. The van der Waals surface area contributed by atoms with Crippen LogP contribution in [0.3, 0.4) is 0 Å². The van der Waals surface area contributed by atoms with E-state index in [2.05, 4.69) is 49.8 Å². The summed E-state index contributed by atoms with van der Waals surface area (Å²) in [6, 6.07) is 7.72. The van der Waals surface area contributed by atoms with Gasteiger partial charge in [0.15, 0.2) is 11.7 Å². The predicted octanol–water partition coefficient (Wildman–Crippen LogP) is 5.87. The highest BCUT2D eigenvalue weighted by Crippen LogP contribution is 2.32. The number of nitrogens with zero attached hydrogens (tertiary/aromatic N) is 2. The van der Waals surface area contributed by atoms with Crippen LogP contribution in [0.4, 0.5) is 0 Å². The van der Waals surface area contributed by atoms with Gasteiger partial charge in [-0.2, -0.15) is 0 Å². The second kappa shape index (κ2) is 9.74. The van der Waals surface area contributed by atoms with Gasteiger partial charge in [-0.3, -0.25) is 4.79 Å². The van der Waals surface area contributed by atoms with Crippen molar-refractivity contribution in [3.63, 3.8) is 0 Å². The molecule has 1 aromatic carbocycles. The number of amides is 1. The van der Waals surface area contributed by atoms with Crippen LogP contribution in [-0.4, -0.2) is 39.5 Å². The van der Waals surface area contributed by atoms with Gasteiger partial charge in [0.25, 0.3) is 0 Å². The predicted molar refractivity (Wildman–Crippen MR) is 126 cm³/mol. The number of hydrogen-bond donors (Lipinski definition) is 1. The highest BCUT2D eigenvalue weighted by molar-refractivity contribution is 6.30. The van der Waals surface area contributed by atoms with Gasteiger partial charge >= 0.3 is 0 Å². The Morgan fingerprint density at radius 1 is 1.19 bits per heavy atom. The number of rotatable bonds is 8. The maximum Gasteiger partial charge on any atom is 0.223 e. The monoisotopic (exact) mass is 445 g/mol. The van der Waals surface area contributed by atoms with Crippen LogP contribution in [-0.2, 0) is 11.2 Å². The van der Waals surface area contributed by atoms with Crippen LogP contribution >= 0.6 is 11.6 Å². The molecule has 0 aliphatic carbocycles. The number of hydrogen-bond acceptors (Lipinski definition) is 4. The van der Waals surface area contributed by atoms with Crippen molar-refractivity contribution in [2.75, 3.05) is 6.54 Å². The van der Waals surface area contributed by atoms with E-state index in [-0.39, 0.29) is 23.0 Å². The molecular formula is C25H36ClN3O2. The Bertz CT molecular complexity index is 857. The number of carbonyl (C=O) groups is 1. The zero-order chi connectivity index (χ0) is 22.6. The number of unbranched alkanes of at least 4 members (excludes halogenated alkanes) is 1. The molecule has 1 amide bonds. The summed E-state index contributed by atoms with van der Waals surface area (Å²) >= 11 is 5.96. The van der Waals surface area contributed by atoms with E-state index in [0.29, 0.717) is 29.5 Å². The highest BCUT2D eigenvalue weighted by Gasteiger charge is 2.40. The molecule has 1 aromatic heterocycles. The number of halogens is 1. The number of benzene rings is 1. The Labute approximate surface area is 191 Å². The Hall–Kier alpha value is -1.85. The fourth-order valence-corrected chi connectivity index (χ4v) is 4.99. The minimum absolute atomic E-state index is 0.00715. The quantitative estimate of drug-likeness (QED) is 0.552. The average molecular weight is 446 g/mol. The normalized spacial score (nSPS) is 18.1. The number of oxazole rings is 1. The summed E-state index contributed by atoms with van der Waals surface area (Å²) in [7, 11) is 0. The molecule has 1 saturated heterocycles. The van der Waals surface area contributed by atoms with E-state index >= 15 is 0 Å². The lowest BCUT2D eigenvalue weighted by atomic mass is 9.79. The van der Waals surface area contributed by atoms with Crippen LogP contribution in [0.5, 0.6) is 0 Å². The molecule has 0 saturated carbocycles. The number of carbonyl (C=O) groups excluding carboxylic acids is 1. The first-order valence-corrected chi connectivity index (χ1v) is 11.8. The van der Waals surface area contributed by atoms with Crippen molar-refractivity contribution >= 4 is 17.5 Å². The first kappa shape index (κ1) is 23.8. The van der Waals surface area contributed by atoms with E-state index in [1.807, 2.05) is 24.3 Å². The maximum atomic E-state index is 13.3. The largest absolute Gasteiger partial charge is 0.441 e. The van der Waals surface area contributed by atoms with Crippen molar-refractivity contribution < 1.29 is 9.21 Å². The van der Waals surface area contributed by atoms with E-state index in [1.165, 1.54) is 0 Å². The average Bonchev–Trinajstić information content (AvgIpc) is 3.14. The molecular weight excluding hydrogens is 410 g/mol. The zero-order valence-electron chi connectivity index (χ0n) is 19.5. The molecule has 3 rings (SSSR count). The summed E-state index contributed by atoms with van der Waals surface area (Å²) in [6.07, 6.45) is 6.66. The van der Waals surface area contributed by atoms with E-state index in [9.17, 15) is 4.79 Å². The zero-order valence-corrected chi connectivity index (χ0v) is 20.3. The van der Waals surface area contributed by atoms with Gasteiger partial charge in [0.1, 0.15) is 0 Å². The lowest BCUT2D eigenvalue weighted by Gasteiger charge is -2.49. The standard InChI is InChI=1S/C25H36ClN3O2/c1-6-7-14-29(20-15-24(2,3)28-25(4,5)16-20)23(30)13-12-22-27-17-21(31-22)18-8-10-19(26)11-9-18/h8-11,17,20,28H,6-7,12-16H2,1-5H3. The van der Waals surface area contributed by atoms with Gasteiger partial charge in [-0.05, 0) is 71.2 Å². The van der Waals surface area contributed by atoms with Crippen molar-refractivity contribution in [1.82, 2.24) is 15.2 Å². The van der Waals surface area contributed by atoms with Crippen LogP contribution in [0.2, 0.25) is 5.02 Å². The second-order valence-electron chi connectivity index (χ2n) is 10.0. The first-order chi connectivity index (χ1) is 14.6. The fraction of sp³-hybridized carbons (Fsp3) is 0.600. The van der Waals surface area contributed by atoms with Gasteiger partial charge in [-0.25, -0.2) is 4.98 Å². The number of nitrogens with one attached hydrogen (secondary N) is 1. The minimum atomic E-state index is 0.00715. The number of aryl methyl sites for hydroxylation is 1. The lowest BCUT2D eigenvalue weighted by molar-refractivity contribution is -0.135. The molecule has 1 N–H and O–H groups in total. The third kappa shape index (κ3) is 6.56. The molecule has 2 aromatic rings. The molecule has 0 spiro atoms. The molecule has 0 radical (unpaired) electrons. The summed E-state index contributed by atoms with van der Waals surface area (Å²) < 4.78 is 5.90. The van der Waals surface area contributed by atoms with Crippen molar-refractivity contribution in [3.05, 3.63) is 41.4 Å². The van der Waals surface area contributed by atoms with Crippen LogP contribution in [0, 0.1) is 0 Å². The number of piperidine rings is 1. The Kier molecular flexibility index (Phi) is 7.48. The summed E-state index contributed by atoms with van der Waals surface area (Å²) in [5.41, 5.74) is 0.943.